The molecule has 10 nitrogen and oxygen atoms in total. The van der Waals surface area contributed by atoms with Crippen LogP contribution in [0.3, 0.4) is 0 Å². The average molecular weight is 985 g/mol. The molecule has 1 saturated heterocycles. The number of amides is 1. The lowest BCUT2D eigenvalue weighted by molar-refractivity contribution is -0.144. The lowest BCUT2D eigenvalue weighted by Gasteiger charge is -2.38. The predicted octanol–water partition coefficient (Wildman–Crippen LogP) is 12.8. The van der Waals surface area contributed by atoms with E-state index in [2.05, 4.69) is 46.8 Å². The first-order valence-corrected chi connectivity index (χ1v) is 24.7. The predicted molar refractivity (Wildman–Crippen MR) is 280 cm³/mol. The SMILES string of the molecule is O=C(O)N1CCC(c2cccc(Cn3ncc(Cc4cc(NC(c5ccccc5)(c5ccccc5)c5ccccc5)nc5c4nnn5C(c4ccccc4)(c4ccccc4)c4ccccc4)c3C(F)(F)F)c2)CC1. The minimum atomic E-state index is -4.79. The number of fused-ring (bicyclic) bond motifs is 1. The fourth-order valence-corrected chi connectivity index (χ4v) is 11.0. The van der Waals surface area contributed by atoms with Crippen LogP contribution in [0.25, 0.3) is 11.2 Å². The molecule has 3 aromatic heterocycles. The van der Waals surface area contributed by atoms with Gasteiger partial charge in [-0.2, -0.15) is 18.3 Å². The molecule has 0 bridgehead atoms. The molecule has 1 amide bonds. The molecule has 0 spiro atoms. The van der Waals surface area contributed by atoms with E-state index < -0.39 is 29.0 Å². The number of nitrogens with zero attached hydrogens (tertiary/aromatic N) is 7. The number of nitrogens with one attached hydrogen (secondary N) is 1. The number of piperidine rings is 1. The minimum absolute atomic E-state index is 0.0384. The summed E-state index contributed by atoms with van der Waals surface area (Å²) in [4.78, 5) is 18.5. The number of benzene rings is 7. The van der Waals surface area contributed by atoms with Crippen molar-refractivity contribution in [3.8, 4) is 0 Å². The highest BCUT2D eigenvalue weighted by molar-refractivity contribution is 5.79. The summed E-state index contributed by atoms with van der Waals surface area (Å²) in [6, 6.07) is 69.6. The van der Waals surface area contributed by atoms with Gasteiger partial charge in [0.05, 0.1) is 12.7 Å². The lowest BCUT2D eigenvalue weighted by Crippen LogP contribution is -2.39. The fourth-order valence-electron chi connectivity index (χ4n) is 11.0. The Kier molecular flexibility index (Phi) is 12.8. The van der Waals surface area contributed by atoms with Crippen molar-refractivity contribution < 1.29 is 23.1 Å². The maximum Gasteiger partial charge on any atom is 0.433 e. The summed E-state index contributed by atoms with van der Waals surface area (Å²) in [5, 5.41) is 27.7. The summed E-state index contributed by atoms with van der Waals surface area (Å²) in [6.07, 6.45) is -3.39. The zero-order valence-electron chi connectivity index (χ0n) is 40.2. The number of alkyl halides is 3. The summed E-state index contributed by atoms with van der Waals surface area (Å²) < 4.78 is 50.1. The van der Waals surface area contributed by atoms with Gasteiger partial charge in [0, 0.05) is 25.1 Å². The molecule has 13 heteroatoms. The van der Waals surface area contributed by atoms with Gasteiger partial charge in [0.2, 0.25) is 0 Å². The quantitative estimate of drug-likeness (QED) is 0.104. The number of likely N-dealkylation sites (tertiary alicyclic amines) is 1. The maximum absolute atomic E-state index is 15.8. The highest BCUT2D eigenvalue weighted by Gasteiger charge is 2.43. The Morgan fingerprint density at radius 2 is 1.09 bits per heavy atom. The molecule has 0 atom stereocenters. The van der Waals surface area contributed by atoms with Crippen LogP contribution in [0.1, 0.15) is 80.1 Å². The highest BCUT2D eigenvalue weighted by Crippen LogP contribution is 2.45. The van der Waals surface area contributed by atoms with Gasteiger partial charge >= 0.3 is 12.3 Å². The molecule has 1 fully saturated rings. The Morgan fingerprint density at radius 3 is 1.57 bits per heavy atom. The second kappa shape index (κ2) is 20.0. The number of hydrogen-bond donors (Lipinski definition) is 2. The molecule has 0 aliphatic carbocycles. The van der Waals surface area contributed by atoms with Gasteiger partial charge in [-0.15, -0.1) is 5.10 Å². The van der Waals surface area contributed by atoms with Crippen LogP contribution in [0.5, 0.6) is 0 Å². The molecular weight excluding hydrogens is 934 g/mol. The van der Waals surface area contributed by atoms with Crippen LogP contribution in [-0.4, -0.2) is 58.9 Å². The number of rotatable bonds is 14. The number of pyridine rings is 1. The van der Waals surface area contributed by atoms with E-state index in [0.717, 1.165) is 43.6 Å². The van der Waals surface area contributed by atoms with E-state index in [4.69, 9.17) is 15.3 Å². The zero-order chi connectivity index (χ0) is 50.7. The Morgan fingerprint density at radius 1 is 0.608 bits per heavy atom. The summed E-state index contributed by atoms with van der Waals surface area (Å²) in [7, 11) is 0. The number of carboxylic acid groups (broad SMARTS) is 1. The van der Waals surface area contributed by atoms with Gasteiger partial charge in [0.1, 0.15) is 28.1 Å². The van der Waals surface area contributed by atoms with E-state index in [1.807, 2.05) is 168 Å². The van der Waals surface area contributed by atoms with Gasteiger partial charge in [0.25, 0.3) is 0 Å². The monoisotopic (exact) mass is 984 g/mol. The average Bonchev–Trinajstić information content (AvgIpc) is 4.07. The Hall–Kier alpha value is -8.84. The van der Waals surface area contributed by atoms with E-state index in [-0.39, 0.29) is 24.4 Å². The van der Waals surface area contributed by atoms with Crippen molar-refractivity contribution in [3.63, 3.8) is 0 Å². The summed E-state index contributed by atoms with van der Waals surface area (Å²) >= 11 is 0. The molecule has 7 aromatic carbocycles. The molecule has 0 unspecified atom stereocenters. The van der Waals surface area contributed by atoms with Gasteiger partial charge in [-0.05, 0) is 74.9 Å². The number of aromatic nitrogens is 6. The van der Waals surface area contributed by atoms with E-state index >= 15 is 13.2 Å². The van der Waals surface area contributed by atoms with Crippen molar-refractivity contribution in [2.75, 3.05) is 18.4 Å². The van der Waals surface area contributed by atoms with Crippen molar-refractivity contribution in [1.29, 1.82) is 0 Å². The van der Waals surface area contributed by atoms with Crippen LogP contribution in [0.4, 0.5) is 23.8 Å². The molecule has 11 rings (SSSR count). The molecule has 0 radical (unpaired) electrons. The highest BCUT2D eigenvalue weighted by atomic mass is 19.4. The first-order valence-electron chi connectivity index (χ1n) is 24.7. The second-order valence-corrected chi connectivity index (χ2v) is 18.8. The van der Waals surface area contributed by atoms with Crippen LogP contribution in [0, 0.1) is 0 Å². The standard InChI is InChI=1S/C61H51F3N8O2/c62-61(63,64)56-47(41-65-71(56)42-43-20-19-21-45(38-43)44-34-36-70(37-35-44)58(73)74)39-46-40-54(67-59(48-22-7-1-8-23-48,49-24-9-2-10-25-49)50-26-11-3-12-27-50)66-57-55(46)68-69-72(57)60(51-28-13-4-14-29-51,52-30-15-5-16-31-52)53-32-17-6-18-33-53/h1-33,38,40-41,44H,34-37,39,42H2,(H,66,67)(H,73,74). The van der Waals surface area contributed by atoms with Crippen LogP contribution < -0.4 is 5.32 Å². The summed E-state index contributed by atoms with van der Waals surface area (Å²) in [5.74, 6) is 0.461. The van der Waals surface area contributed by atoms with E-state index in [9.17, 15) is 9.90 Å². The van der Waals surface area contributed by atoms with Crippen molar-refractivity contribution in [2.45, 2.75) is 49.0 Å². The Bertz CT molecular complexity index is 3320. The molecule has 10 aromatic rings. The molecule has 4 heterocycles. The molecule has 368 valence electrons. The van der Waals surface area contributed by atoms with Gasteiger partial charge in [-0.3, -0.25) is 4.68 Å². The van der Waals surface area contributed by atoms with Crippen molar-refractivity contribution in [3.05, 3.63) is 280 Å². The van der Waals surface area contributed by atoms with Crippen LogP contribution in [0.15, 0.2) is 219 Å². The molecule has 2 N–H and O–H groups in total. The normalized spacial score (nSPS) is 13.5. The number of halogens is 3. The molecule has 1 aliphatic rings. The van der Waals surface area contributed by atoms with E-state index in [0.29, 0.717) is 54.0 Å². The topological polar surface area (TPSA) is 114 Å². The van der Waals surface area contributed by atoms with Crippen LogP contribution in [0.2, 0.25) is 0 Å². The Balaban J connectivity index is 1.11. The molecule has 0 saturated carbocycles. The number of hydrogen-bond acceptors (Lipinski definition) is 6. The summed E-state index contributed by atoms with van der Waals surface area (Å²) in [6.45, 7) is 0.665. The van der Waals surface area contributed by atoms with Gasteiger partial charge in [-0.1, -0.05) is 211 Å². The largest absolute Gasteiger partial charge is 0.465 e. The first kappa shape index (κ1) is 47.5. The van der Waals surface area contributed by atoms with Crippen LogP contribution >= 0.6 is 0 Å². The summed E-state index contributed by atoms with van der Waals surface area (Å²) in [5.41, 5.74) is 4.96. The number of carbonyl (C=O) groups is 1. The third kappa shape index (κ3) is 8.84. The van der Waals surface area contributed by atoms with Crippen molar-refractivity contribution >= 4 is 23.1 Å². The fraction of sp³-hybridized carbons (Fsp3) is 0.164. The molecule has 1 aliphatic heterocycles. The van der Waals surface area contributed by atoms with Crippen molar-refractivity contribution in [1.82, 2.24) is 34.7 Å². The number of anilines is 1. The second-order valence-electron chi connectivity index (χ2n) is 18.8. The third-order valence-corrected chi connectivity index (χ3v) is 14.4. The van der Waals surface area contributed by atoms with Gasteiger partial charge < -0.3 is 15.3 Å². The van der Waals surface area contributed by atoms with Crippen molar-refractivity contribution in [2.24, 2.45) is 0 Å². The zero-order valence-corrected chi connectivity index (χ0v) is 40.2. The maximum atomic E-state index is 15.8. The smallest absolute Gasteiger partial charge is 0.433 e. The first-order chi connectivity index (χ1) is 36.1. The van der Waals surface area contributed by atoms with Gasteiger partial charge in [-0.25, -0.2) is 14.5 Å². The lowest BCUT2D eigenvalue weighted by atomic mass is 9.77. The van der Waals surface area contributed by atoms with Gasteiger partial charge in [0.15, 0.2) is 5.65 Å². The van der Waals surface area contributed by atoms with Crippen LogP contribution in [-0.2, 0) is 30.2 Å². The Labute approximate surface area is 426 Å². The third-order valence-electron chi connectivity index (χ3n) is 14.4. The molecular formula is C61H51F3N8O2. The van der Waals surface area contributed by atoms with E-state index in [1.54, 1.807) is 12.1 Å². The van der Waals surface area contributed by atoms with E-state index in [1.165, 1.54) is 11.1 Å². The molecule has 74 heavy (non-hydrogen) atoms. The minimum Gasteiger partial charge on any atom is -0.465 e.